The molecule has 0 unspecified atom stereocenters. The Morgan fingerprint density at radius 3 is 3.07 bits per heavy atom. The number of nitrogen functional groups attached to an aromatic ring is 1. The van der Waals surface area contributed by atoms with Crippen molar-refractivity contribution in [2.45, 2.75) is 23.5 Å². The summed E-state index contributed by atoms with van der Waals surface area (Å²) in [6, 6.07) is 1.90. The second kappa shape index (κ2) is 4.35. The van der Waals surface area contributed by atoms with Gasteiger partial charge in [-0.15, -0.1) is 0 Å². The van der Waals surface area contributed by atoms with E-state index in [-0.39, 0.29) is 0 Å². The Hall–Kier alpha value is -1.49. The van der Waals surface area contributed by atoms with Crippen LogP contribution in [0.3, 0.4) is 0 Å². The molecular formula is C10H12N4S. The van der Waals surface area contributed by atoms with Crippen LogP contribution >= 0.6 is 11.8 Å². The number of hydrogen-bond acceptors (Lipinski definition) is 4. The van der Waals surface area contributed by atoms with Gasteiger partial charge in [-0.2, -0.15) is 0 Å². The number of nitrogens with two attached hydrogens (primary N) is 1. The van der Waals surface area contributed by atoms with Gasteiger partial charge in [0.25, 0.3) is 0 Å². The average molecular weight is 220 g/mol. The molecule has 0 aliphatic carbocycles. The minimum absolute atomic E-state index is 0.688. The van der Waals surface area contributed by atoms with E-state index < -0.39 is 0 Å². The largest absolute Gasteiger partial charge is 0.397 e. The molecule has 0 bridgehead atoms. The first-order valence-electron chi connectivity index (χ1n) is 4.69. The van der Waals surface area contributed by atoms with E-state index in [2.05, 4.69) is 21.5 Å². The summed E-state index contributed by atoms with van der Waals surface area (Å²) in [5.74, 6) is 0. The van der Waals surface area contributed by atoms with Crippen molar-refractivity contribution in [1.29, 1.82) is 0 Å². The van der Waals surface area contributed by atoms with E-state index in [0.717, 1.165) is 16.6 Å². The summed E-state index contributed by atoms with van der Waals surface area (Å²) in [6.07, 6.45) is 7.14. The molecule has 2 heterocycles. The molecule has 2 aromatic heterocycles. The molecule has 0 aliphatic rings. The second-order valence-corrected chi connectivity index (χ2v) is 4.02. The molecule has 15 heavy (non-hydrogen) atoms. The molecule has 0 saturated heterocycles. The molecule has 0 spiro atoms. The molecule has 0 atom stereocenters. The van der Waals surface area contributed by atoms with Crippen LogP contribution in [0.15, 0.2) is 40.9 Å². The number of aryl methyl sites for hydroxylation is 1. The molecule has 2 aromatic rings. The van der Waals surface area contributed by atoms with Gasteiger partial charge in [0.05, 0.1) is 11.9 Å². The van der Waals surface area contributed by atoms with Crippen LogP contribution in [-0.2, 0) is 6.54 Å². The average Bonchev–Trinajstić information content (AvgIpc) is 2.69. The highest BCUT2D eigenvalue weighted by Crippen LogP contribution is 2.29. The number of anilines is 1. The first kappa shape index (κ1) is 10.0. The Kier molecular flexibility index (Phi) is 2.91. The van der Waals surface area contributed by atoms with Gasteiger partial charge in [0.1, 0.15) is 0 Å². The van der Waals surface area contributed by atoms with Crippen molar-refractivity contribution in [3.05, 3.63) is 30.9 Å². The van der Waals surface area contributed by atoms with Crippen molar-refractivity contribution in [2.75, 3.05) is 5.73 Å². The Morgan fingerprint density at radius 1 is 1.47 bits per heavy atom. The maximum atomic E-state index is 5.81. The predicted molar refractivity (Wildman–Crippen MR) is 60.7 cm³/mol. The van der Waals surface area contributed by atoms with Crippen molar-refractivity contribution < 1.29 is 0 Å². The number of imidazole rings is 1. The van der Waals surface area contributed by atoms with E-state index in [4.69, 9.17) is 5.73 Å². The van der Waals surface area contributed by atoms with Crippen molar-refractivity contribution in [3.8, 4) is 0 Å². The summed E-state index contributed by atoms with van der Waals surface area (Å²) in [4.78, 5) is 9.22. The second-order valence-electron chi connectivity index (χ2n) is 3.01. The summed E-state index contributed by atoms with van der Waals surface area (Å²) >= 11 is 1.56. The molecule has 0 fully saturated rings. The minimum Gasteiger partial charge on any atom is -0.397 e. The number of aromatic nitrogens is 3. The number of rotatable bonds is 3. The maximum Gasteiger partial charge on any atom is 0.172 e. The number of hydrogen-bond donors (Lipinski definition) is 1. The third-order valence-corrected chi connectivity index (χ3v) is 3.14. The third kappa shape index (κ3) is 2.12. The summed E-state index contributed by atoms with van der Waals surface area (Å²) in [7, 11) is 0. The summed E-state index contributed by atoms with van der Waals surface area (Å²) in [6.45, 7) is 3.00. The van der Waals surface area contributed by atoms with Crippen LogP contribution in [0.2, 0.25) is 0 Å². The van der Waals surface area contributed by atoms with Crippen LogP contribution in [0.25, 0.3) is 0 Å². The van der Waals surface area contributed by atoms with E-state index >= 15 is 0 Å². The van der Waals surface area contributed by atoms with Crippen molar-refractivity contribution >= 4 is 17.4 Å². The number of nitrogens with zero attached hydrogens (tertiary/aromatic N) is 3. The highest BCUT2D eigenvalue weighted by Gasteiger charge is 2.05. The fourth-order valence-corrected chi connectivity index (χ4v) is 2.14. The van der Waals surface area contributed by atoms with Gasteiger partial charge in [-0.1, -0.05) is 0 Å². The van der Waals surface area contributed by atoms with Crippen molar-refractivity contribution in [3.63, 3.8) is 0 Å². The van der Waals surface area contributed by atoms with Crippen LogP contribution in [0, 0.1) is 0 Å². The molecule has 5 heteroatoms. The summed E-state index contributed by atoms with van der Waals surface area (Å²) in [5.41, 5.74) is 6.50. The smallest absolute Gasteiger partial charge is 0.172 e. The monoisotopic (exact) mass is 220 g/mol. The topological polar surface area (TPSA) is 56.7 Å². The van der Waals surface area contributed by atoms with Gasteiger partial charge in [0.15, 0.2) is 5.16 Å². The molecular weight excluding hydrogens is 208 g/mol. The van der Waals surface area contributed by atoms with Gasteiger partial charge in [-0.3, -0.25) is 4.98 Å². The van der Waals surface area contributed by atoms with E-state index in [9.17, 15) is 0 Å². The zero-order valence-corrected chi connectivity index (χ0v) is 9.24. The normalized spacial score (nSPS) is 10.5. The molecule has 2 N–H and O–H groups in total. The van der Waals surface area contributed by atoms with Gasteiger partial charge >= 0.3 is 0 Å². The summed E-state index contributed by atoms with van der Waals surface area (Å²) in [5, 5.41) is 0.954. The highest BCUT2D eigenvalue weighted by atomic mass is 32.2. The highest BCUT2D eigenvalue weighted by molar-refractivity contribution is 7.99. The van der Waals surface area contributed by atoms with Gasteiger partial charge in [-0.25, -0.2) is 4.98 Å². The molecule has 0 saturated carbocycles. The lowest BCUT2D eigenvalue weighted by Gasteiger charge is -2.05. The molecule has 0 aromatic carbocycles. The van der Waals surface area contributed by atoms with Crippen LogP contribution < -0.4 is 5.73 Å². The van der Waals surface area contributed by atoms with Gasteiger partial charge in [0.2, 0.25) is 0 Å². The van der Waals surface area contributed by atoms with Gasteiger partial charge in [0, 0.05) is 30.0 Å². The lowest BCUT2D eigenvalue weighted by atomic mass is 10.4. The fourth-order valence-electron chi connectivity index (χ4n) is 1.23. The SMILES string of the molecule is CCn1ccnc1Sc1ccncc1N. The molecule has 2 rings (SSSR count). The molecule has 0 amide bonds. The van der Waals surface area contributed by atoms with Crippen molar-refractivity contribution in [2.24, 2.45) is 0 Å². The predicted octanol–water partition coefficient (Wildman–Crippen LogP) is 2.03. The van der Waals surface area contributed by atoms with E-state index in [1.807, 2.05) is 12.3 Å². The van der Waals surface area contributed by atoms with Crippen LogP contribution in [-0.4, -0.2) is 14.5 Å². The number of pyridine rings is 1. The minimum atomic E-state index is 0.688. The van der Waals surface area contributed by atoms with Crippen LogP contribution in [0.4, 0.5) is 5.69 Å². The zero-order chi connectivity index (χ0) is 10.7. The standard InChI is InChI=1S/C10H12N4S/c1-2-14-6-5-13-10(14)15-9-3-4-12-7-8(9)11/h3-7H,2,11H2,1H3. The third-order valence-electron chi connectivity index (χ3n) is 2.03. The van der Waals surface area contributed by atoms with E-state index in [1.165, 1.54) is 0 Å². The Balaban J connectivity index is 2.26. The Morgan fingerprint density at radius 2 is 2.33 bits per heavy atom. The lowest BCUT2D eigenvalue weighted by Crippen LogP contribution is -1.95. The maximum absolute atomic E-state index is 5.81. The molecule has 78 valence electrons. The lowest BCUT2D eigenvalue weighted by molar-refractivity contribution is 0.681. The quantitative estimate of drug-likeness (QED) is 0.860. The fraction of sp³-hybridized carbons (Fsp3) is 0.200. The van der Waals surface area contributed by atoms with E-state index in [0.29, 0.717) is 5.69 Å². The van der Waals surface area contributed by atoms with Gasteiger partial charge < -0.3 is 10.3 Å². The Bertz CT molecular complexity index is 452. The first-order valence-corrected chi connectivity index (χ1v) is 5.51. The Labute approximate surface area is 92.5 Å². The molecule has 0 radical (unpaired) electrons. The first-order chi connectivity index (χ1) is 7.31. The van der Waals surface area contributed by atoms with E-state index in [1.54, 1.807) is 30.4 Å². The zero-order valence-electron chi connectivity index (χ0n) is 8.42. The molecule has 4 nitrogen and oxygen atoms in total. The summed E-state index contributed by atoms with van der Waals surface area (Å²) < 4.78 is 2.07. The molecule has 0 aliphatic heterocycles. The van der Waals surface area contributed by atoms with Crippen molar-refractivity contribution in [1.82, 2.24) is 14.5 Å². The van der Waals surface area contributed by atoms with Crippen LogP contribution in [0.5, 0.6) is 0 Å². The van der Waals surface area contributed by atoms with Gasteiger partial charge in [-0.05, 0) is 24.8 Å². The van der Waals surface area contributed by atoms with Crippen LogP contribution in [0.1, 0.15) is 6.92 Å².